The number of benzene rings is 2. The number of fused-ring (bicyclic) bond motifs is 1. The van der Waals surface area contributed by atoms with Crippen LogP contribution in [0.3, 0.4) is 0 Å². The Balaban J connectivity index is 1.84. The van der Waals surface area contributed by atoms with Crippen molar-refractivity contribution in [3.63, 3.8) is 0 Å². The van der Waals surface area contributed by atoms with Gasteiger partial charge in [0.1, 0.15) is 5.82 Å². The zero-order valence-corrected chi connectivity index (χ0v) is 12.9. The van der Waals surface area contributed by atoms with E-state index < -0.39 is 0 Å². The van der Waals surface area contributed by atoms with E-state index in [0.29, 0.717) is 0 Å². The second-order valence-electron chi connectivity index (χ2n) is 5.69. The molecule has 0 amide bonds. The number of aryl methyl sites for hydroxylation is 1. The zero-order valence-electron chi connectivity index (χ0n) is 12.1. The van der Waals surface area contributed by atoms with Gasteiger partial charge in [-0.05, 0) is 67.5 Å². The van der Waals surface area contributed by atoms with Crippen molar-refractivity contribution >= 4 is 17.3 Å². The maximum absolute atomic E-state index is 13.6. The largest absolute Gasteiger partial charge is 0.378 e. The van der Waals surface area contributed by atoms with Crippen LogP contribution in [-0.2, 0) is 12.8 Å². The predicted molar refractivity (Wildman–Crippen MR) is 86.5 cm³/mol. The summed E-state index contributed by atoms with van der Waals surface area (Å²) in [6, 6.07) is 11.5. The highest BCUT2D eigenvalue weighted by molar-refractivity contribution is 6.30. The summed E-state index contributed by atoms with van der Waals surface area (Å²) >= 11 is 5.74. The highest BCUT2D eigenvalue weighted by atomic mass is 35.5. The van der Waals surface area contributed by atoms with Gasteiger partial charge in [0.05, 0.1) is 5.02 Å². The lowest BCUT2D eigenvalue weighted by Crippen LogP contribution is -2.12. The SMILES string of the molecule is CC(Nc1cccc2c1CCCC2)c1ccc(Cl)c(F)c1. The van der Waals surface area contributed by atoms with Crippen LogP contribution in [0.5, 0.6) is 0 Å². The molecule has 21 heavy (non-hydrogen) atoms. The molecule has 1 nitrogen and oxygen atoms in total. The molecular formula is C18H19ClFN. The van der Waals surface area contributed by atoms with Crippen LogP contribution >= 0.6 is 11.6 Å². The number of anilines is 1. The summed E-state index contributed by atoms with van der Waals surface area (Å²) in [5.74, 6) is -0.363. The Kier molecular flexibility index (Phi) is 4.16. The second-order valence-corrected chi connectivity index (χ2v) is 6.10. The minimum absolute atomic E-state index is 0.0465. The van der Waals surface area contributed by atoms with Crippen LogP contribution in [0.2, 0.25) is 5.02 Å². The molecule has 0 heterocycles. The average molecular weight is 304 g/mol. The summed E-state index contributed by atoms with van der Waals surface area (Å²) in [5.41, 5.74) is 4.95. The fourth-order valence-corrected chi connectivity index (χ4v) is 3.13. The molecule has 1 N–H and O–H groups in total. The van der Waals surface area contributed by atoms with E-state index in [0.717, 1.165) is 18.4 Å². The average Bonchev–Trinajstić information content (AvgIpc) is 2.50. The first-order valence-corrected chi connectivity index (χ1v) is 7.85. The molecule has 0 aliphatic heterocycles. The molecule has 1 aliphatic carbocycles. The summed E-state index contributed by atoms with van der Waals surface area (Å²) in [6.07, 6.45) is 4.80. The minimum atomic E-state index is -0.363. The van der Waals surface area contributed by atoms with Gasteiger partial charge in [-0.2, -0.15) is 0 Å². The zero-order chi connectivity index (χ0) is 14.8. The fraction of sp³-hybridized carbons (Fsp3) is 0.333. The van der Waals surface area contributed by atoms with Crippen LogP contribution < -0.4 is 5.32 Å². The highest BCUT2D eigenvalue weighted by Gasteiger charge is 2.15. The molecule has 1 aliphatic rings. The normalized spacial score (nSPS) is 15.4. The number of hydrogen-bond acceptors (Lipinski definition) is 1. The van der Waals surface area contributed by atoms with Gasteiger partial charge in [-0.1, -0.05) is 29.8 Å². The first kappa shape index (κ1) is 14.4. The number of hydrogen-bond donors (Lipinski definition) is 1. The van der Waals surface area contributed by atoms with Crippen molar-refractivity contribution in [1.29, 1.82) is 0 Å². The second kappa shape index (κ2) is 6.07. The van der Waals surface area contributed by atoms with Crippen molar-refractivity contribution in [2.45, 2.75) is 38.6 Å². The van der Waals surface area contributed by atoms with Crippen LogP contribution in [0, 0.1) is 5.82 Å². The van der Waals surface area contributed by atoms with E-state index in [-0.39, 0.29) is 16.9 Å². The molecule has 3 heteroatoms. The van der Waals surface area contributed by atoms with Crippen LogP contribution in [0.4, 0.5) is 10.1 Å². The number of nitrogens with one attached hydrogen (secondary N) is 1. The number of rotatable bonds is 3. The Morgan fingerprint density at radius 3 is 2.76 bits per heavy atom. The fourth-order valence-electron chi connectivity index (χ4n) is 3.01. The van der Waals surface area contributed by atoms with E-state index >= 15 is 0 Å². The van der Waals surface area contributed by atoms with Gasteiger partial charge in [0.15, 0.2) is 0 Å². The van der Waals surface area contributed by atoms with Crippen LogP contribution in [0.25, 0.3) is 0 Å². The standard InChI is InChI=1S/C18H19ClFN/c1-12(14-9-10-16(19)17(20)11-14)21-18-8-4-6-13-5-2-3-7-15(13)18/h4,6,8-12,21H,2-3,5,7H2,1H3. The smallest absolute Gasteiger partial charge is 0.142 e. The predicted octanol–water partition coefficient (Wildman–Crippen LogP) is 5.53. The molecule has 2 aromatic rings. The molecule has 1 atom stereocenters. The van der Waals surface area contributed by atoms with Gasteiger partial charge < -0.3 is 5.32 Å². The van der Waals surface area contributed by atoms with Gasteiger partial charge in [0, 0.05) is 11.7 Å². The summed E-state index contributed by atoms with van der Waals surface area (Å²) in [4.78, 5) is 0. The molecule has 0 saturated heterocycles. The van der Waals surface area contributed by atoms with Gasteiger partial charge in [-0.25, -0.2) is 4.39 Å². The van der Waals surface area contributed by atoms with Gasteiger partial charge in [-0.3, -0.25) is 0 Å². The van der Waals surface area contributed by atoms with Crippen molar-refractivity contribution in [2.75, 3.05) is 5.32 Å². The molecule has 110 valence electrons. The maximum Gasteiger partial charge on any atom is 0.142 e. The lowest BCUT2D eigenvalue weighted by molar-refractivity contribution is 0.624. The molecule has 0 spiro atoms. The lowest BCUT2D eigenvalue weighted by Gasteiger charge is -2.23. The van der Waals surface area contributed by atoms with E-state index in [1.54, 1.807) is 6.07 Å². The van der Waals surface area contributed by atoms with Gasteiger partial charge in [-0.15, -0.1) is 0 Å². The van der Waals surface area contributed by atoms with Crippen LogP contribution in [-0.4, -0.2) is 0 Å². The molecule has 2 aromatic carbocycles. The summed E-state index contributed by atoms with van der Waals surface area (Å²) in [6.45, 7) is 2.05. The van der Waals surface area contributed by atoms with Crippen LogP contribution in [0.15, 0.2) is 36.4 Å². The van der Waals surface area contributed by atoms with Gasteiger partial charge >= 0.3 is 0 Å². The van der Waals surface area contributed by atoms with E-state index in [9.17, 15) is 4.39 Å². The van der Waals surface area contributed by atoms with E-state index in [1.807, 2.05) is 13.0 Å². The Morgan fingerprint density at radius 2 is 1.95 bits per heavy atom. The Labute approximate surface area is 130 Å². The monoisotopic (exact) mass is 303 g/mol. The molecule has 0 aromatic heterocycles. The molecule has 0 saturated carbocycles. The van der Waals surface area contributed by atoms with Crippen molar-refractivity contribution in [1.82, 2.24) is 0 Å². The quantitative estimate of drug-likeness (QED) is 0.786. The molecule has 3 rings (SSSR count). The van der Waals surface area contributed by atoms with Crippen molar-refractivity contribution in [3.8, 4) is 0 Å². The van der Waals surface area contributed by atoms with E-state index in [4.69, 9.17) is 11.6 Å². The molecule has 0 fully saturated rings. The van der Waals surface area contributed by atoms with Crippen molar-refractivity contribution in [3.05, 3.63) is 63.9 Å². The lowest BCUT2D eigenvalue weighted by atomic mass is 9.90. The van der Waals surface area contributed by atoms with Gasteiger partial charge in [0.25, 0.3) is 0 Å². The molecular weight excluding hydrogens is 285 g/mol. The minimum Gasteiger partial charge on any atom is -0.378 e. The number of halogens is 2. The Hall–Kier alpha value is -1.54. The molecule has 0 radical (unpaired) electrons. The summed E-state index contributed by atoms with van der Waals surface area (Å²) in [7, 11) is 0. The molecule has 0 bridgehead atoms. The van der Waals surface area contributed by atoms with E-state index in [2.05, 4.69) is 23.5 Å². The highest BCUT2D eigenvalue weighted by Crippen LogP contribution is 2.30. The van der Waals surface area contributed by atoms with Crippen molar-refractivity contribution < 1.29 is 4.39 Å². The Bertz CT molecular complexity index is 654. The third-order valence-corrected chi connectivity index (χ3v) is 4.52. The van der Waals surface area contributed by atoms with E-state index in [1.165, 1.54) is 35.7 Å². The van der Waals surface area contributed by atoms with Crippen molar-refractivity contribution in [2.24, 2.45) is 0 Å². The molecule has 1 unspecified atom stereocenters. The first-order chi connectivity index (χ1) is 10.1. The van der Waals surface area contributed by atoms with Gasteiger partial charge in [0.2, 0.25) is 0 Å². The maximum atomic E-state index is 13.6. The topological polar surface area (TPSA) is 12.0 Å². The third-order valence-electron chi connectivity index (χ3n) is 4.21. The summed E-state index contributed by atoms with van der Waals surface area (Å²) < 4.78 is 13.6. The van der Waals surface area contributed by atoms with Crippen LogP contribution in [0.1, 0.15) is 42.5 Å². The first-order valence-electron chi connectivity index (χ1n) is 7.47. The summed E-state index contributed by atoms with van der Waals surface area (Å²) in [5, 5.41) is 3.69. The third kappa shape index (κ3) is 3.06. The Morgan fingerprint density at radius 1 is 1.14 bits per heavy atom.